The zero-order chi connectivity index (χ0) is 9.90. The largest absolute Gasteiger partial charge is 0.471 e. The zero-order valence-electron chi connectivity index (χ0n) is 6.13. The highest BCUT2D eigenvalue weighted by molar-refractivity contribution is 5.81. The number of aromatic nitrogens is 2. The van der Waals surface area contributed by atoms with Crippen LogP contribution in [0.1, 0.15) is 5.89 Å². The van der Waals surface area contributed by atoms with Gasteiger partial charge in [-0.1, -0.05) is 5.16 Å². The van der Waals surface area contributed by atoms with Crippen molar-refractivity contribution in [2.24, 2.45) is 0 Å². The second-order valence-electron chi connectivity index (χ2n) is 2.02. The molecule has 1 amide bonds. The fourth-order valence-electron chi connectivity index (χ4n) is 0.530. The number of hydrogen-bond donors (Lipinski definition) is 1. The van der Waals surface area contributed by atoms with Crippen LogP contribution < -0.4 is 5.32 Å². The molecule has 0 aliphatic rings. The molecule has 1 heterocycles. The number of nitrogens with zero attached hydrogens (tertiary/aromatic N) is 2. The summed E-state index contributed by atoms with van der Waals surface area (Å²) in [5.74, 6) is -2.12. The van der Waals surface area contributed by atoms with Crippen molar-refractivity contribution in [3.8, 4) is 0 Å². The second kappa shape index (κ2) is 3.42. The van der Waals surface area contributed by atoms with Crippen molar-refractivity contribution in [2.75, 3.05) is 0 Å². The molecule has 5 nitrogen and oxygen atoms in total. The molecule has 0 fully saturated rings. The van der Waals surface area contributed by atoms with Gasteiger partial charge in [-0.2, -0.15) is 18.2 Å². The van der Waals surface area contributed by atoms with E-state index >= 15 is 0 Å². The van der Waals surface area contributed by atoms with Gasteiger partial charge in [0.15, 0.2) is 6.33 Å². The molecule has 1 aromatic rings. The fraction of sp³-hybridized carbons (Fsp3) is 0.400. The second-order valence-corrected chi connectivity index (χ2v) is 2.02. The first-order valence-electron chi connectivity index (χ1n) is 3.10. The summed E-state index contributed by atoms with van der Waals surface area (Å²) in [4.78, 5) is 13.6. The van der Waals surface area contributed by atoms with E-state index in [1.54, 1.807) is 5.32 Å². The molecule has 8 heteroatoms. The van der Waals surface area contributed by atoms with Crippen LogP contribution in [-0.2, 0) is 11.3 Å². The van der Waals surface area contributed by atoms with Crippen molar-refractivity contribution in [3.63, 3.8) is 0 Å². The lowest BCUT2D eigenvalue weighted by Gasteiger charge is -2.04. The van der Waals surface area contributed by atoms with Crippen LogP contribution in [0.5, 0.6) is 0 Å². The number of carbonyl (C=O) groups is 1. The molecule has 13 heavy (non-hydrogen) atoms. The predicted octanol–water partition coefficient (Wildman–Crippen LogP) is 0.248. The molecule has 0 unspecified atom stereocenters. The van der Waals surface area contributed by atoms with Gasteiger partial charge in [-0.15, -0.1) is 0 Å². The minimum absolute atomic E-state index is 0.0856. The van der Waals surface area contributed by atoms with Crippen LogP contribution in [0.4, 0.5) is 13.2 Å². The van der Waals surface area contributed by atoms with E-state index in [9.17, 15) is 18.0 Å². The van der Waals surface area contributed by atoms with Crippen LogP contribution in [-0.4, -0.2) is 22.2 Å². The molecule has 1 N–H and O–H groups in total. The molecule has 0 bridgehead atoms. The molecule has 0 saturated heterocycles. The molecule has 0 aliphatic heterocycles. The Hall–Kier alpha value is -1.60. The van der Waals surface area contributed by atoms with E-state index in [0.29, 0.717) is 0 Å². The van der Waals surface area contributed by atoms with Crippen LogP contribution in [0.2, 0.25) is 0 Å². The molecule has 1 aromatic heterocycles. The van der Waals surface area contributed by atoms with Crippen LogP contribution in [0.15, 0.2) is 10.9 Å². The number of alkyl halides is 3. The Labute approximate surface area is 69.9 Å². The Morgan fingerprint density at radius 2 is 2.31 bits per heavy atom. The monoisotopic (exact) mass is 195 g/mol. The van der Waals surface area contributed by atoms with E-state index in [4.69, 9.17) is 0 Å². The molecule has 0 saturated carbocycles. The van der Waals surface area contributed by atoms with E-state index in [1.807, 2.05) is 0 Å². The average molecular weight is 195 g/mol. The van der Waals surface area contributed by atoms with Gasteiger partial charge in [0.25, 0.3) is 0 Å². The standard InChI is InChI=1S/C5H4F3N3O2/c6-5(7,8)4(12)9-1-3-10-2-11-13-3/h2H,1H2,(H,9,12). The zero-order valence-corrected chi connectivity index (χ0v) is 6.13. The molecule has 1 rings (SSSR count). The van der Waals surface area contributed by atoms with E-state index < -0.39 is 18.6 Å². The Kier molecular flexibility index (Phi) is 2.49. The first-order chi connectivity index (χ1) is 6.00. The third-order valence-corrected chi connectivity index (χ3v) is 1.06. The number of hydrogen-bond acceptors (Lipinski definition) is 4. The molecular formula is C5H4F3N3O2. The highest BCUT2D eigenvalue weighted by Crippen LogP contribution is 2.14. The summed E-state index contributed by atoms with van der Waals surface area (Å²) in [5, 5.41) is 4.71. The molecule has 0 aliphatic carbocycles. The number of carbonyl (C=O) groups excluding carboxylic acids is 1. The van der Waals surface area contributed by atoms with Crippen molar-refractivity contribution in [1.82, 2.24) is 15.5 Å². The van der Waals surface area contributed by atoms with Gasteiger partial charge in [0.2, 0.25) is 5.89 Å². The lowest BCUT2D eigenvalue weighted by Crippen LogP contribution is -2.36. The van der Waals surface area contributed by atoms with Gasteiger partial charge in [-0.25, -0.2) is 0 Å². The van der Waals surface area contributed by atoms with Crippen LogP contribution in [0.25, 0.3) is 0 Å². The Morgan fingerprint density at radius 3 is 2.77 bits per heavy atom. The minimum Gasteiger partial charge on any atom is -0.339 e. The molecule has 0 atom stereocenters. The van der Waals surface area contributed by atoms with Gasteiger partial charge in [-0.3, -0.25) is 4.79 Å². The van der Waals surface area contributed by atoms with E-state index in [-0.39, 0.29) is 5.89 Å². The molecular weight excluding hydrogens is 191 g/mol. The normalized spacial score (nSPS) is 11.3. The summed E-state index contributed by atoms with van der Waals surface area (Å²) < 4.78 is 39.2. The summed E-state index contributed by atoms with van der Waals surface area (Å²) in [5.41, 5.74) is 0. The van der Waals surface area contributed by atoms with Crippen LogP contribution >= 0.6 is 0 Å². The summed E-state index contributed by atoms with van der Waals surface area (Å²) in [7, 11) is 0. The third-order valence-electron chi connectivity index (χ3n) is 1.06. The van der Waals surface area contributed by atoms with Crippen LogP contribution in [0.3, 0.4) is 0 Å². The minimum atomic E-state index is -4.89. The van der Waals surface area contributed by atoms with Gasteiger partial charge < -0.3 is 9.84 Å². The highest BCUT2D eigenvalue weighted by atomic mass is 19.4. The van der Waals surface area contributed by atoms with Crippen LogP contribution in [0, 0.1) is 0 Å². The summed E-state index contributed by atoms with van der Waals surface area (Å²) in [6, 6.07) is 0. The molecule has 0 radical (unpaired) electrons. The number of halogens is 3. The molecule has 0 aromatic carbocycles. The van der Waals surface area contributed by atoms with Gasteiger partial charge >= 0.3 is 12.1 Å². The van der Waals surface area contributed by atoms with Crippen molar-refractivity contribution < 1.29 is 22.5 Å². The first kappa shape index (κ1) is 9.49. The predicted molar refractivity (Wildman–Crippen MR) is 32.2 cm³/mol. The van der Waals surface area contributed by atoms with Crippen molar-refractivity contribution in [1.29, 1.82) is 0 Å². The lowest BCUT2D eigenvalue weighted by molar-refractivity contribution is -0.173. The van der Waals surface area contributed by atoms with Crippen molar-refractivity contribution in [2.45, 2.75) is 12.7 Å². The summed E-state index contributed by atoms with van der Waals surface area (Å²) >= 11 is 0. The number of rotatable bonds is 2. The highest BCUT2D eigenvalue weighted by Gasteiger charge is 2.38. The van der Waals surface area contributed by atoms with E-state index in [2.05, 4.69) is 14.7 Å². The quantitative estimate of drug-likeness (QED) is 0.734. The van der Waals surface area contributed by atoms with Gasteiger partial charge in [-0.05, 0) is 0 Å². The topological polar surface area (TPSA) is 68.0 Å². The van der Waals surface area contributed by atoms with E-state index in [0.717, 1.165) is 6.33 Å². The van der Waals surface area contributed by atoms with Gasteiger partial charge in [0, 0.05) is 0 Å². The Morgan fingerprint density at radius 1 is 1.62 bits per heavy atom. The maximum absolute atomic E-state index is 11.6. The Balaban J connectivity index is 2.40. The summed E-state index contributed by atoms with van der Waals surface area (Å²) in [6.07, 6.45) is -3.87. The summed E-state index contributed by atoms with van der Waals surface area (Å²) in [6.45, 7) is -0.432. The lowest BCUT2D eigenvalue weighted by atomic mass is 10.5. The van der Waals surface area contributed by atoms with Gasteiger partial charge in [0.1, 0.15) is 0 Å². The van der Waals surface area contributed by atoms with E-state index in [1.165, 1.54) is 0 Å². The van der Waals surface area contributed by atoms with Gasteiger partial charge in [0.05, 0.1) is 6.54 Å². The fourth-order valence-corrected chi connectivity index (χ4v) is 0.530. The Bertz CT molecular complexity index is 282. The molecule has 0 spiro atoms. The van der Waals surface area contributed by atoms with Crippen molar-refractivity contribution in [3.05, 3.63) is 12.2 Å². The molecule has 72 valence electrons. The maximum atomic E-state index is 11.6. The SMILES string of the molecule is O=C(NCc1ncno1)C(F)(F)F. The third kappa shape index (κ3) is 2.73. The smallest absolute Gasteiger partial charge is 0.339 e. The number of nitrogens with one attached hydrogen (secondary N) is 1. The van der Waals surface area contributed by atoms with Crippen molar-refractivity contribution >= 4 is 5.91 Å². The first-order valence-corrected chi connectivity index (χ1v) is 3.10. The maximum Gasteiger partial charge on any atom is 0.471 e. The average Bonchev–Trinajstić information content (AvgIpc) is 2.50. The number of amides is 1.